The van der Waals surface area contributed by atoms with Gasteiger partial charge in [-0.1, -0.05) is 0 Å². The largest absolute Gasteiger partial charge is 0.477 e. The first-order valence-electron chi connectivity index (χ1n) is 4.87. The summed E-state index contributed by atoms with van der Waals surface area (Å²) in [6, 6.07) is 1.92. The lowest BCUT2D eigenvalue weighted by Crippen LogP contribution is -2.41. The summed E-state index contributed by atoms with van der Waals surface area (Å²) < 4.78 is 48.8. The van der Waals surface area contributed by atoms with Gasteiger partial charge in [0.1, 0.15) is 5.69 Å². The first kappa shape index (κ1) is 14.9. The quantitative estimate of drug-likeness (QED) is 0.799. The highest BCUT2D eigenvalue weighted by molar-refractivity contribution is 5.96. The van der Waals surface area contributed by atoms with Crippen LogP contribution in [0.1, 0.15) is 20.8 Å². The molecular weight excluding hydrogens is 272 g/mol. The molecule has 104 valence electrons. The van der Waals surface area contributed by atoms with Gasteiger partial charge in [0.2, 0.25) is 0 Å². The fourth-order valence-corrected chi connectivity index (χ4v) is 1.07. The van der Waals surface area contributed by atoms with E-state index in [0.29, 0.717) is 0 Å². The van der Waals surface area contributed by atoms with Gasteiger partial charge in [0.25, 0.3) is 5.91 Å². The van der Waals surface area contributed by atoms with Crippen molar-refractivity contribution >= 4 is 11.9 Å². The molecule has 1 amide bonds. The predicted octanol–water partition coefficient (Wildman–Crippen LogP) is 1.41. The molecule has 2 N–H and O–H groups in total. The lowest BCUT2D eigenvalue weighted by Gasteiger charge is -2.15. The van der Waals surface area contributed by atoms with Crippen molar-refractivity contribution in [2.24, 2.45) is 0 Å². The maximum absolute atomic E-state index is 12.6. The maximum Gasteiger partial charge on any atom is 0.354 e. The lowest BCUT2D eigenvalue weighted by molar-refractivity contribution is -0.123. The lowest BCUT2D eigenvalue weighted by atomic mass is 10.2. The number of aromatic carboxylic acids is 1. The van der Waals surface area contributed by atoms with Gasteiger partial charge >= 0.3 is 18.3 Å². The number of amides is 1. The Balaban J connectivity index is 2.74. The van der Waals surface area contributed by atoms with Crippen molar-refractivity contribution in [3.05, 3.63) is 29.6 Å². The molecule has 0 unspecified atom stereocenters. The smallest absolute Gasteiger partial charge is 0.354 e. The number of aromatic nitrogens is 1. The van der Waals surface area contributed by atoms with E-state index in [0.717, 1.165) is 18.3 Å². The van der Waals surface area contributed by atoms with Crippen LogP contribution in [0, 0.1) is 0 Å². The Bertz CT molecular complexity index is 493. The molecule has 0 atom stereocenters. The van der Waals surface area contributed by atoms with Crippen LogP contribution in [0.4, 0.5) is 17.6 Å². The van der Waals surface area contributed by atoms with Crippen LogP contribution in [-0.2, 0) is 0 Å². The van der Waals surface area contributed by atoms with Crippen molar-refractivity contribution in [1.29, 1.82) is 0 Å². The Hall–Kier alpha value is -2.19. The average Bonchev–Trinajstić information content (AvgIpc) is 2.36. The minimum absolute atomic E-state index is 0.266. The van der Waals surface area contributed by atoms with Crippen molar-refractivity contribution in [3.63, 3.8) is 0 Å². The van der Waals surface area contributed by atoms with E-state index in [2.05, 4.69) is 4.98 Å². The van der Waals surface area contributed by atoms with Crippen LogP contribution < -0.4 is 5.32 Å². The van der Waals surface area contributed by atoms with Gasteiger partial charge in [-0.3, -0.25) is 4.79 Å². The highest BCUT2D eigenvalue weighted by atomic mass is 19.3. The summed E-state index contributed by atoms with van der Waals surface area (Å²) in [5, 5.41) is 10.2. The Morgan fingerprint density at radius 2 is 2.05 bits per heavy atom. The zero-order valence-electron chi connectivity index (χ0n) is 9.24. The monoisotopic (exact) mass is 280 g/mol. The molecule has 0 aromatic carbocycles. The van der Waals surface area contributed by atoms with E-state index in [-0.39, 0.29) is 5.56 Å². The topological polar surface area (TPSA) is 79.3 Å². The highest BCUT2D eigenvalue weighted by Crippen LogP contribution is 2.21. The number of carboxylic acids is 1. The number of nitrogens with one attached hydrogen (secondary N) is 1. The second-order valence-electron chi connectivity index (χ2n) is 3.48. The van der Waals surface area contributed by atoms with Crippen LogP contribution in [0.5, 0.6) is 0 Å². The number of pyridine rings is 1. The van der Waals surface area contributed by atoms with Crippen LogP contribution in [-0.4, -0.2) is 40.9 Å². The van der Waals surface area contributed by atoms with Crippen LogP contribution in [0.3, 0.4) is 0 Å². The van der Waals surface area contributed by atoms with Crippen LogP contribution in [0.15, 0.2) is 18.3 Å². The third-order valence-corrected chi connectivity index (χ3v) is 2.05. The molecule has 1 aromatic heterocycles. The SMILES string of the molecule is O=C(NCC(F)(F)C(F)F)c1ccnc(C(=O)O)c1. The minimum atomic E-state index is -4.35. The number of hydrogen-bond donors (Lipinski definition) is 2. The van der Waals surface area contributed by atoms with Crippen LogP contribution in [0.25, 0.3) is 0 Å². The van der Waals surface area contributed by atoms with Gasteiger partial charge in [0.05, 0.1) is 6.54 Å². The molecule has 0 spiro atoms. The number of carbonyl (C=O) groups excluding carboxylic acids is 1. The Kier molecular flexibility index (Phi) is 4.41. The zero-order chi connectivity index (χ0) is 14.6. The van der Waals surface area contributed by atoms with E-state index in [1.165, 1.54) is 0 Å². The third kappa shape index (κ3) is 3.90. The molecule has 9 heteroatoms. The Labute approximate surface area is 104 Å². The summed E-state index contributed by atoms with van der Waals surface area (Å²) in [7, 11) is 0. The first-order valence-corrected chi connectivity index (χ1v) is 4.87. The predicted molar refractivity (Wildman–Crippen MR) is 54.5 cm³/mol. The van der Waals surface area contributed by atoms with E-state index < -0.39 is 36.5 Å². The molecule has 0 bridgehead atoms. The van der Waals surface area contributed by atoms with Crippen molar-refractivity contribution < 1.29 is 32.3 Å². The van der Waals surface area contributed by atoms with Gasteiger partial charge in [-0.25, -0.2) is 18.6 Å². The number of carboxylic acid groups (broad SMARTS) is 1. The molecule has 1 aromatic rings. The van der Waals surface area contributed by atoms with Crippen LogP contribution in [0.2, 0.25) is 0 Å². The minimum Gasteiger partial charge on any atom is -0.477 e. The van der Waals surface area contributed by atoms with Gasteiger partial charge in [-0.2, -0.15) is 8.78 Å². The fraction of sp³-hybridized carbons (Fsp3) is 0.300. The molecule has 19 heavy (non-hydrogen) atoms. The highest BCUT2D eigenvalue weighted by Gasteiger charge is 2.40. The van der Waals surface area contributed by atoms with E-state index in [1.54, 1.807) is 5.32 Å². The fourth-order valence-electron chi connectivity index (χ4n) is 1.07. The Morgan fingerprint density at radius 1 is 1.42 bits per heavy atom. The summed E-state index contributed by atoms with van der Waals surface area (Å²) in [5.74, 6) is -6.85. The van der Waals surface area contributed by atoms with Crippen molar-refractivity contribution in [2.75, 3.05) is 6.54 Å². The summed E-state index contributed by atoms with van der Waals surface area (Å²) in [5.41, 5.74) is -0.731. The van der Waals surface area contributed by atoms with Crippen molar-refractivity contribution in [3.8, 4) is 0 Å². The summed E-state index contributed by atoms with van der Waals surface area (Å²) in [6.07, 6.45) is -2.91. The van der Waals surface area contributed by atoms with E-state index >= 15 is 0 Å². The number of rotatable bonds is 5. The van der Waals surface area contributed by atoms with E-state index in [1.807, 2.05) is 0 Å². The second-order valence-corrected chi connectivity index (χ2v) is 3.48. The molecule has 0 radical (unpaired) electrons. The molecule has 0 saturated carbocycles. The number of hydrogen-bond acceptors (Lipinski definition) is 3. The number of carbonyl (C=O) groups is 2. The summed E-state index contributed by atoms with van der Waals surface area (Å²) in [4.78, 5) is 25.4. The molecule has 0 fully saturated rings. The third-order valence-electron chi connectivity index (χ3n) is 2.05. The number of nitrogens with zero attached hydrogens (tertiary/aromatic N) is 1. The van der Waals surface area contributed by atoms with E-state index in [4.69, 9.17) is 5.11 Å². The van der Waals surface area contributed by atoms with Crippen molar-refractivity contribution in [1.82, 2.24) is 10.3 Å². The van der Waals surface area contributed by atoms with Crippen LogP contribution >= 0.6 is 0 Å². The molecule has 1 heterocycles. The molecule has 0 aliphatic carbocycles. The summed E-state index contributed by atoms with van der Waals surface area (Å²) in [6.45, 7) is -1.55. The second kappa shape index (κ2) is 5.63. The van der Waals surface area contributed by atoms with Gasteiger partial charge in [0, 0.05) is 11.8 Å². The zero-order valence-corrected chi connectivity index (χ0v) is 9.24. The maximum atomic E-state index is 12.6. The molecule has 0 aliphatic heterocycles. The van der Waals surface area contributed by atoms with Gasteiger partial charge < -0.3 is 10.4 Å². The van der Waals surface area contributed by atoms with Gasteiger partial charge in [0.15, 0.2) is 0 Å². The Morgan fingerprint density at radius 3 is 2.58 bits per heavy atom. The molecule has 0 aliphatic rings. The van der Waals surface area contributed by atoms with E-state index in [9.17, 15) is 27.2 Å². The molecule has 5 nitrogen and oxygen atoms in total. The molecule has 0 saturated heterocycles. The normalized spacial score (nSPS) is 11.4. The molecule has 1 rings (SSSR count). The van der Waals surface area contributed by atoms with Gasteiger partial charge in [-0.05, 0) is 12.1 Å². The number of alkyl halides is 4. The number of halogens is 4. The first-order chi connectivity index (χ1) is 8.74. The van der Waals surface area contributed by atoms with Gasteiger partial charge in [-0.15, -0.1) is 0 Å². The molecular formula is C10H8F4N2O3. The summed E-state index contributed by atoms with van der Waals surface area (Å²) >= 11 is 0. The van der Waals surface area contributed by atoms with Crippen molar-refractivity contribution in [2.45, 2.75) is 12.3 Å². The standard InChI is InChI=1S/C10H8F4N2O3/c11-9(12)10(13,14)4-16-7(17)5-1-2-15-6(3-5)8(18)19/h1-3,9H,4H2,(H,16,17)(H,18,19). The average molecular weight is 280 g/mol.